The minimum Gasteiger partial charge on any atom is -0.458 e. The molecule has 0 bridgehead atoms. The van der Waals surface area contributed by atoms with Crippen molar-refractivity contribution in [2.45, 2.75) is 32.8 Å². The number of carbonyl (C=O) groups is 2. The van der Waals surface area contributed by atoms with Gasteiger partial charge in [0, 0.05) is 5.56 Å². The van der Waals surface area contributed by atoms with Crippen molar-refractivity contribution >= 4 is 12.3 Å². The van der Waals surface area contributed by atoms with E-state index in [1.165, 1.54) is 0 Å². The standard InChI is InChI=1S/C23H21NO4/c1-14-21(13-25)22(28-24-14)19-9-7-18(8-10-19)17-5-3-16(4-6-17)15(2)27-23(26)20-11-12-20/h3-10,13,15,20H,11-12H2,1-2H3. The predicted molar refractivity (Wildman–Crippen MR) is 105 cm³/mol. The molecule has 2 aromatic carbocycles. The molecule has 1 unspecified atom stereocenters. The van der Waals surface area contributed by atoms with Gasteiger partial charge in [-0.15, -0.1) is 0 Å². The maximum absolute atomic E-state index is 11.8. The first kappa shape index (κ1) is 18.2. The molecule has 1 heterocycles. The van der Waals surface area contributed by atoms with Crippen LogP contribution in [0, 0.1) is 12.8 Å². The second-order valence-electron chi connectivity index (χ2n) is 7.18. The van der Waals surface area contributed by atoms with Crippen LogP contribution in [0.25, 0.3) is 22.5 Å². The molecule has 1 fully saturated rings. The second kappa shape index (κ2) is 7.43. The van der Waals surface area contributed by atoms with Gasteiger partial charge >= 0.3 is 5.97 Å². The van der Waals surface area contributed by atoms with Crippen molar-refractivity contribution in [3.63, 3.8) is 0 Å². The van der Waals surface area contributed by atoms with Gasteiger partial charge < -0.3 is 9.26 Å². The molecule has 3 aromatic rings. The summed E-state index contributed by atoms with van der Waals surface area (Å²) >= 11 is 0. The minimum atomic E-state index is -0.249. The van der Waals surface area contributed by atoms with Gasteiger partial charge in [0.25, 0.3) is 0 Å². The zero-order chi connectivity index (χ0) is 19.7. The summed E-state index contributed by atoms with van der Waals surface area (Å²) in [6, 6.07) is 15.8. The number of aldehydes is 1. The summed E-state index contributed by atoms with van der Waals surface area (Å²) in [5.41, 5.74) is 4.95. The number of rotatable bonds is 6. The lowest BCUT2D eigenvalue weighted by atomic mass is 10.00. The molecule has 1 aromatic heterocycles. The van der Waals surface area contributed by atoms with E-state index in [4.69, 9.17) is 9.26 Å². The Bertz CT molecular complexity index is 998. The Morgan fingerprint density at radius 2 is 1.64 bits per heavy atom. The molecule has 1 aliphatic rings. The SMILES string of the molecule is Cc1noc(-c2ccc(-c3ccc(C(C)OC(=O)C4CC4)cc3)cc2)c1C=O. The molecule has 0 aliphatic heterocycles. The Balaban J connectivity index is 1.49. The lowest BCUT2D eigenvalue weighted by molar-refractivity contribution is -0.150. The van der Waals surface area contributed by atoms with Crippen LogP contribution in [0.3, 0.4) is 0 Å². The molecule has 28 heavy (non-hydrogen) atoms. The molecule has 1 aliphatic carbocycles. The number of aryl methyl sites for hydroxylation is 1. The van der Waals surface area contributed by atoms with E-state index < -0.39 is 0 Å². The van der Waals surface area contributed by atoms with Gasteiger partial charge in [-0.3, -0.25) is 9.59 Å². The number of hydrogen-bond donors (Lipinski definition) is 0. The molecule has 5 heteroatoms. The quantitative estimate of drug-likeness (QED) is 0.440. The van der Waals surface area contributed by atoms with Crippen LogP contribution in [0.2, 0.25) is 0 Å². The van der Waals surface area contributed by atoms with Gasteiger partial charge in [-0.2, -0.15) is 0 Å². The first-order chi connectivity index (χ1) is 13.6. The Labute approximate surface area is 163 Å². The van der Waals surface area contributed by atoms with Gasteiger partial charge in [0.15, 0.2) is 12.0 Å². The number of aromatic nitrogens is 1. The van der Waals surface area contributed by atoms with E-state index in [1.54, 1.807) is 6.92 Å². The first-order valence-corrected chi connectivity index (χ1v) is 9.39. The third-order valence-electron chi connectivity index (χ3n) is 5.09. The zero-order valence-corrected chi connectivity index (χ0v) is 15.8. The van der Waals surface area contributed by atoms with Crippen molar-refractivity contribution in [2.75, 3.05) is 0 Å². The molecule has 0 spiro atoms. The molecule has 0 radical (unpaired) electrons. The predicted octanol–water partition coefficient (Wildman–Crippen LogP) is 5.14. The van der Waals surface area contributed by atoms with Crippen molar-refractivity contribution in [1.29, 1.82) is 0 Å². The monoisotopic (exact) mass is 375 g/mol. The number of nitrogens with zero attached hydrogens (tertiary/aromatic N) is 1. The molecular weight excluding hydrogens is 354 g/mol. The van der Waals surface area contributed by atoms with E-state index in [2.05, 4.69) is 5.16 Å². The number of ether oxygens (including phenoxy) is 1. The topological polar surface area (TPSA) is 69.4 Å². The van der Waals surface area contributed by atoms with Crippen molar-refractivity contribution in [3.05, 3.63) is 65.4 Å². The highest BCUT2D eigenvalue weighted by Crippen LogP contribution is 2.33. The molecular formula is C23H21NO4. The van der Waals surface area contributed by atoms with E-state index in [9.17, 15) is 9.59 Å². The largest absolute Gasteiger partial charge is 0.458 e. The van der Waals surface area contributed by atoms with Gasteiger partial charge in [-0.05, 0) is 43.4 Å². The second-order valence-corrected chi connectivity index (χ2v) is 7.18. The fourth-order valence-corrected chi connectivity index (χ4v) is 3.14. The van der Waals surface area contributed by atoms with E-state index in [1.807, 2.05) is 55.5 Å². The number of benzene rings is 2. The number of esters is 1. The molecule has 1 saturated carbocycles. The minimum absolute atomic E-state index is 0.0930. The van der Waals surface area contributed by atoms with Gasteiger partial charge in [-0.1, -0.05) is 53.7 Å². The van der Waals surface area contributed by atoms with Crippen LogP contribution in [-0.2, 0) is 9.53 Å². The van der Waals surface area contributed by atoms with Gasteiger partial charge in [0.1, 0.15) is 6.10 Å². The zero-order valence-electron chi connectivity index (χ0n) is 15.8. The molecule has 0 amide bonds. The van der Waals surface area contributed by atoms with Crippen LogP contribution in [-0.4, -0.2) is 17.4 Å². The average molecular weight is 375 g/mol. The summed E-state index contributed by atoms with van der Waals surface area (Å²) < 4.78 is 10.8. The third kappa shape index (κ3) is 3.60. The fraction of sp³-hybridized carbons (Fsp3) is 0.261. The molecule has 142 valence electrons. The molecule has 0 N–H and O–H groups in total. The van der Waals surface area contributed by atoms with Crippen molar-refractivity contribution in [2.24, 2.45) is 5.92 Å². The van der Waals surface area contributed by atoms with Crippen LogP contribution < -0.4 is 0 Å². The smallest absolute Gasteiger partial charge is 0.309 e. The Morgan fingerprint density at radius 1 is 1.07 bits per heavy atom. The Kier molecular flexibility index (Phi) is 4.82. The summed E-state index contributed by atoms with van der Waals surface area (Å²) in [5, 5.41) is 3.86. The fourth-order valence-electron chi connectivity index (χ4n) is 3.14. The van der Waals surface area contributed by atoms with Crippen LogP contribution in [0.1, 0.15) is 47.5 Å². The van der Waals surface area contributed by atoms with Crippen molar-refractivity contribution in [3.8, 4) is 22.5 Å². The Morgan fingerprint density at radius 3 is 2.21 bits per heavy atom. The van der Waals surface area contributed by atoms with Gasteiger partial charge in [0.2, 0.25) is 0 Å². The lowest BCUT2D eigenvalue weighted by Crippen LogP contribution is -2.10. The maximum atomic E-state index is 11.8. The van der Waals surface area contributed by atoms with E-state index in [0.717, 1.165) is 41.4 Å². The summed E-state index contributed by atoms with van der Waals surface area (Å²) in [5.74, 6) is 0.498. The Hall–Kier alpha value is -3.21. The summed E-state index contributed by atoms with van der Waals surface area (Å²) in [7, 11) is 0. The van der Waals surface area contributed by atoms with Gasteiger partial charge in [-0.25, -0.2) is 0 Å². The van der Waals surface area contributed by atoms with E-state index >= 15 is 0 Å². The normalized spacial score (nSPS) is 14.5. The average Bonchev–Trinajstić information content (AvgIpc) is 3.51. The lowest BCUT2D eigenvalue weighted by Gasteiger charge is -2.14. The summed E-state index contributed by atoms with van der Waals surface area (Å²) in [4.78, 5) is 23.1. The van der Waals surface area contributed by atoms with Crippen LogP contribution in [0.15, 0.2) is 53.1 Å². The first-order valence-electron chi connectivity index (χ1n) is 9.39. The summed E-state index contributed by atoms with van der Waals surface area (Å²) in [6.45, 7) is 3.64. The number of hydrogen-bond acceptors (Lipinski definition) is 5. The maximum Gasteiger partial charge on any atom is 0.309 e. The third-order valence-corrected chi connectivity index (χ3v) is 5.09. The molecule has 1 atom stereocenters. The van der Waals surface area contributed by atoms with Crippen LogP contribution in [0.5, 0.6) is 0 Å². The summed E-state index contributed by atoms with van der Waals surface area (Å²) in [6.07, 6.45) is 2.41. The number of carbonyl (C=O) groups excluding carboxylic acids is 2. The van der Waals surface area contributed by atoms with Crippen molar-refractivity contribution in [1.82, 2.24) is 5.16 Å². The van der Waals surface area contributed by atoms with Crippen LogP contribution >= 0.6 is 0 Å². The van der Waals surface area contributed by atoms with Crippen molar-refractivity contribution < 1.29 is 18.8 Å². The van der Waals surface area contributed by atoms with Gasteiger partial charge in [0.05, 0.1) is 17.2 Å². The molecule has 5 nitrogen and oxygen atoms in total. The van der Waals surface area contributed by atoms with E-state index in [-0.39, 0.29) is 18.0 Å². The molecule has 0 saturated heterocycles. The highest BCUT2D eigenvalue weighted by molar-refractivity contribution is 5.86. The molecule has 4 rings (SSSR count). The highest BCUT2D eigenvalue weighted by Gasteiger charge is 2.32. The van der Waals surface area contributed by atoms with Crippen LogP contribution in [0.4, 0.5) is 0 Å². The highest BCUT2D eigenvalue weighted by atomic mass is 16.5. The van der Waals surface area contributed by atoms with E-state index in [0.29, 0.717) is 17.0 Å².